The van der Waals surface area contributed by atoms with Crippen LogP contribution in [0, 0.1) is 17.8 Å². The van der Waals surface area contributed by atoms with Gasteiger partial charge in [0.2, 0.25) is 17.7 Å². The molecule has 3 heterocycles. The number of rotatable bonds is 3. The van der Waals surface area contributed by atoms with Gasteiger partial charge in [0.25, 0.3) is 11.8 Å². The molecule has 0 spiro atoms. The first-order valence-electron chi connectivity index (χ1n) is 14.7. The monoisotopic (exact) mass is 719 g/mol. The Morgan fingerprint density at radius 3 is 2.43 bits per heavy atom. The summed E-state index contributed by atoms with van der Waals surface area (Å²) in [5, 5.41) is 11.0. The lowest BCUT2D eigenvalue weighted by atomic mass is 9.56. The smallest absolute Gasteiger partial charge is 0.253 e. The van der Waals surface area contributed by atoms with E-state index in [0.29, 0.717) is 43.9 Å². The van der Waals surface area contributed by atoms with Gasteiger partial charge in [0.05, 0.1) is 17.5 Å². The van der Waals surface area contributed by atoms with Crippen LogP contribution in [0.2, 0.25) is 0 Å². The summed E-state index contributed by atoms with van der Waals surface area (Å²) >= 11 is 17.8. The molecule has 1 N–H and O–H groups in total. The number of halogens is 3. The zero-order valence-electron chi connectivity index (χ0n) is 24.1. The summed E-state index contributed by atoms with van der Waals surface area (Å²) in [5.41, 5.74) is 3.33. The molecule has 232 valence electrons. The zero-order valence-corrected chi connectivity index (χ0v) is 27.2. The minimum Gasteiger partial charge on any atom is -0.508 e. The molecule has 0 unspecified atom stereocenters. The van der Waals surface area contributed by atoms with Crippen LogP contribution in [0.5, 0.6) is 5.75 Å². The summed E-state index contributed by atoms with van der Waals surface area (Å²) in [6.07, 6.45) is 1.91. The van der Waals surface area contributed by atoms with Crippen molar-refractivity contribution in [3.8, 4) is 17.2 Å². The quantitative estimate of drug-likeness (QED) is 0.153. The number of carbonyl (C=O) groups is 4. The molecule has 2 saturated heterocycles. The number of phenols is 1. The van der Waals surface area contributed by atoms with Crippen molar-refractivity contribution < 1.29 is 28.7 Å². The van der Waals surface area contributed by atoms with E-state index in [1.54, 1.807) is 36.4 Å². The number of carbonyl (C=O) groups excluding carboxylic acids is 4. The first-order chi connectivity index (χ1) is 22.0. The summed E-state index contributed by atoms with van der Waals surface area (Å²) in [6, 6.07) is 19.0. The average Bonchev–Trinajstić information content (AvgIpc) is 3.63. The number of likely N-dealkylation sites (tertiary alicyclic amines) is 1. The molecule has 6 atom stereocenters. The van der Waals surface area contributed by atoms with Crippen molar-refractivity contribution in [2.75, 3.05) is 11.9 Å². The molecule has 0 radical (unpaired) electrons. The number of alkyl halides is 2. The molecule has 8 rings (SSSR count). The summed E-state index contributed by atoms with van der Waals surface area (Å²) in [6.45, 7) is 0. The SMILES string of the molecule is CN1C(=O)[C@]2(Cl)C[C@@H]3C(=CC[C@@H]4C(=O)N(c5ccc(-c6nc7ccccc7o6)cc5)C(=O)[C@@H]43)[C@H](c3cc(Br)ccc3O)[C@]2(Cl)C1=O. The van der Waals surface area contributed by atoms with Gasteiger partial charge in [-0.25, -0.2) is 4.98 Å². The fraction of sp³-hybridized carbons (Fsp3) is 0.265. The van der Waals surface area contributed by atoms with Gasteiger partial charge in [-0.15, -0.1) is 23.2 Å². The number of para-hydroxylation sites is 2. The van der Waals surface area contributed by atoms with E-state index < -0.39 is 51.1 Å². The standard InChI is InChI=1S/C34H24BrCl2N3O6/c1-39-31(44)33(36)15-22-19(27(34(33,37)32(39)45)21-14-17(35)8-13-24(21)41)11-12-20-26(22)30(43)40(29(20)42)18-9-6-16(7-10-18)28-38-23-4-2-3-5-25(23)46-28/h2-11,13-14,20,22,26-27,41H,12,15H2,1H3/t20-,22+,26-,27+,33+,34-/m0/s1. The number of hydrogen-bond donors (Lipinski definition) is 1. The molecule has 2 aliphatic heterocycles. The van der Waals surface area contributed by atoms with E-state index in [2.05, 4.69) is 20.9 Å². The van der Waals surface area contributed by atoms with Crippen molar-refractivity contribution in [1.82, 2.24) is 9.88 Å². The lowest BCUT2D eigenvalue weighted by Crippen LogP contribution is -2.60. The largest absolute Gasteiger partial charge is 0.508 e. The van der Waals surface area contributed by atoms with Crippen LogP contribution < -0.4 is 4.90 Å². The van der Waals surface area contributed by atoms with Crippen LogP contribution in [0.3, 0.4) is 0 Å². The molecule has 4 aliphatic rings. The topological polar surface area (TPSA) is 121 Å². The molecule has 0 bridgehead atoms. The lowest BCUT2D eigenvalue weighted by Gasteiger charge is -2.50. The van der Waals surface area contributed by atoms with E-state index in [-0.39, 0.29) is 24.5 Å². The fourth-order valence-electron chi connectivity index (χ4n) is 7.85. The van der Waals surface area contributed by atoms with Gasteiger partial charge < -0.3 is 9.52 Å². The van der Waals surface area contributed by atoms with Crippen molar-refractivity contribution in [2.24, 2.45) is 17.8 Å². The highest BCUT2D eigenvalue weighted by atomic mass is 79.9. The highest BCUT2D eigenvalue weighted by molar-refractivity contribution is 9.10. The Bertz CT molecular complexity index is 2030. The summed E-state index contributed by atoms with van der Waals surface area (Å²) in [5.74, 6) is -5.18. The number of anilines is 1. The molecule has 4 amide bonds. The third kappa shape index (κ3) is 3.77. The summed E-state index contributed by atoms with van der Waals surface area (Å²) in [4.78, 5) is 58.3. The van der Waals surface area contributed by atoms with Crippen LogP contribution in [0.1, 0.15) is 24.3 Å². The molecular weight excluding hydrogens is 697 g/mol. The zero-order chi connectivity index (χ0) is 32.3. The van der Waals surface area contributed by atoms with Crippen molar-refractivity contribution in [3.63, 3.8) is 0 Å². The van der Waals surface area contributed by atoms with Crippen molar-refractivity contribution in [1.29, 1.82) is 0 Å². The lowest BCUT2D eigenvalue weighted by molar-refractivity contribution is -0.138. The van der Waals surface area contributed by atoms with E-state index in [1.807, 2.05) is 30.3 Å². The van der Waals surface area contributed by atoms with E-state index in [1.165, 1.54) is 18.0 Å². The normalized spacial score (nSPS) is 30.5. The Hall–Kier alpha value is -3.99. The number of aromatic hydroxyl groups is 1. The van der Waals surface area contributed by atoms with Crippen molar-refractivity contribution >= 4 is 79.5 Å². The Balaban J connectivity index is 1.19. The molecule has 3 fully saturated rings. The third-order valence-corrected chi connectivity index (χ3v) is 11.9. The van der Waals surface area contributed by atoms with Gasteiger partial charge >= 0.3 is 0 Å². The van der Waals surface area contributed by atoms with E-state index >= 15 is 0 Å². The summed E-state index contributed by atoms with van der Waals surface area (Å²) < 4.78 is 6.48. The molecule has 2 aliphatic carbocycles. The molecule has 9 nitrogen and oxygen atoms in total. The highest BCUT2D eigenvalue weighted by Crippen LogP contribution is 2.66. The maximum absolute atomic E-state index is 14.3. The van der Waals surface area contributed by atoms with Crippen LogP contribution in [0.15, 0.2) is 87.3 Å². The Kier molecular flexibility index (Phi) is 6.40. The number of allylic oxidation sites excluding steroid dienone is 2. The predicted octanol–water partition coefficient (Wildman–Crippen LogP) is 6.16. The van der Waals surface area contributed by atoms with Crippen LogP contribution in [-0.4, -0.2) is 55.4 Å². The van der Waals surface area contributed by atoms with Gasteiger partial charge in [0.1, 0.15) is 11.3 Å². The first kappa shape index (κ1) is 29.4. The number of aromatic nitrogens is 1. The minimum absolute atomic E-state index is 0.130. The fourth-order valence-corrected chi connectivity index (χ4v) is 9.24. The highest BCUT2D eigenvalue weighted by Gasteiger charge is 2.76. The third-order valence-electron chi connectivity index (χ3n) is 9.98. The minimum atomic E-state index is -1.97. The summed E-state index contributed by atoms with van der Waals surface area (Å²) in [7, 11) is 1.33. The number of amides is 4. The average molecular weight is 721 g/mol. The number of phenolic OH excluding ortho intramolecular Hbond substituents is 1. The van der Waals surface area contributed by atoms with Gasteiger partial charge in [-0.2, -0.15) is 0 Å². The van der Waals surface area contributed by atoms with Gasteiger partial charge in [-0.1, -0.05) is 39.7 Å². The molecule has 1 saturated carbocycles. The number of benzene rings is 3. The molecular formula is C34H24BrCl2N3O6. The van der Waals surface area contributed by atoms with Crippen molar-refractivity contribution in [3.05, 3.63) is 88.4 Å². The molecule has 4 aromatic rings. The Morgan fingerprint density at radius 2 is 1.70 bits per heavy atom. The Labute approximate surface area is 280 Å². The predicted molar refractivity (Wildman–Crippen MR) is 173 cm³/mol. The van der Waals surface area contributed by atoms with Crippen molar-refractivity contribution in [2.45, 2.75) is 28.5 Å². The number of oxazole rings is 1. The van der Waals surface area contributed by atoms with Crippen LogP contribution in [0.25, 0.3) is 22.6 Å². The molecule has 3 aromatic carbocycles. The first-order valence-corrected chi connectivity index (χ1v) is 16.2. The maximum Gasteiger partial charge on any atom is 0.253 e. The van der Waals surface area contributed by atoms with Crippen LogP contribution >= 0.6 is 39.1 Å². The van der Waals surface area contributed by atoms with Crippen LogP contribution in [-0.2, 0) is 19.2 Å². The van der Waals surface area contributed by atoms with Gasteiger partial charge in [0, 0.05) is 28.6 Å². The molecule has 46 heavy (non-hydrogen) atoms. The maximum atomic E-state index is 14.3. The molecule has 12 heteroatoms. The van der Waals surface area contributed by atoms with E-state index in [4.69, 9.17) is 27.6 Å². The Morgan fingerprint density at radius 1 is 0.957 bits per heavy atom. The van der Waals surface area contributed by atoms with E-state index in [9.17, 15) is 24.3 Å². The van der Waals surface area contributed by atoms with Gasteiger partial charge in [0.15, 0.2) is 15.3 Å². The second-order valence-corrected chi connectivity index (χ2v) is 14.4. The van der Waals surface area contributed by atoms with Crippen LogP contribution in [0.4, 0.5) is 5.69 Å². The number of fused-ring (bicyclic) bond motifs is 5. The molecule has 1 aromatic heterocycles. The van der Waals surface area contributed by atoms with Gasteiger partial charge in [-0.05, 0) is 73.4 Å². The second-order valence-electron chi connectivity index (χ2n) is 12.2. The second kappa shape index (κ2) is 10.0. The van der Waals surface area contributed by atoms with E-state index in [0.717, 1.165) is 4.90 Å². The number of nitrogens with zero attached hydrogens (tertiary/aromatic N) is 3. The van der Waals surface area contributed by atoms with Gasteiger partial charge in [-0.3, -0.25) is 29.0 Å². The number of hydrogen-bond acceptors (Lipinski definition) is 7. The number of imide groups is 2.